The van der Waals surface area contributed by atoms with Crippen LogP contribution in [0.3, 0.4) is 0 Å². The molecule has 0 fully saturated rings. The lowest BCUT2D eigenvalue weighted by Gasteiger charge is -2.08. The summed E-state index contributed by atoms with van der Waals surface area (Å²) >= 11 is 0. The SMILES string of the molecule is C=CCCCC(=C)Cc1ccc(C)c(C(=O)O)c1. The quantitative estimate of drug-likeness (QED) is 0.578. The van der Waals surface area contributed by atoms with Gasteiger partial charge in [-0.3, -0.25) is 0 Å². The summed E-state index contributed by atoms with van der Waals surface area (Å²) in [4.78, 5) is 11.0. The van der Waals surface area contributed by atoms with Crippen molar-refractivity contribution < 1.29 is 9.90 Å². The van der Waals surface area contributed by atoms with E-state index in [2.05, 4.69) is 13.2 Å². The van der Waals surface area contributed by atoms with Crippen LogP contribution in [-0.4, -0.2) is 11.1 Å². The maximum atomic E-state index is 11.0. The smallest absolute Gasteiger partial charge is 0.335 e. The maximum absolute atomic E-state index is 11.0. The molecule has 96 valence electrons. The normalized spacial score (nSPS) is 10.1. The van der Waals surface area contributed by atoms with Gasteiger partial charge >= 0.3 is 5.97 Å². The fourth-order valence-corrected chi connectivity index (χ4v) is 1.88. The lowest BCUT2D eigenvalue weighted by molar-refractivity contribution is 0.0696. The lowest BCUT2D eigenvalue weighted by Crippen LogP contribution is -2.01. The molecule has 1 aromatic rings. The van der Waals surface area contributed by atoms with Gasteiger partial charge in [-0.25, -0.2) is 4.79 Å². The summed E-state index contributed by atoms with van der Waals surface area (Å²) in [6, 6.07) is 5.58. The van der Waals surface area contributed by atoms with E-state index in [1.807, 2.05) is 25.1 Å². The van der Waals surface area contributed by atoms with Crippen LogP contribution in [0.2, 0.25) is 0 Å². The highest BCUT2D eigenvalue weighted by atomic mass is 16.4. The molecule has 0 aliphatic heterocycles. The highest BCUT2D eigenvalue weighted by molar-refractivity contribution is 5.89. The van der Waals surface area contributed by atoms with Crippen molar-refractivity contribution in [3.8, 4) is 0 Å². The van der Waals surface area contributed by atoms with Crippen molar-refractivity contribution in [1.29, 1.82) is 0 Å². The zero-order valence-corrected chi connectivity index (χ0v) is 10.9. The van der Waals surface area contributed by atoms with Crippen LogP contribution in [0.4, 0.5) is 0 Å². The first-order valence-electron chi connectivity index (χ1n) is 6.15. The predicted octanol–water partition coefficient (Wildman–Crippen LogP) is 4.15. The molecule has 0 atom stereocenters. The Morgan fingerprint density at radius 3 is 2.78 bits per heavy atom. The number of aromatic carboxylic acids is 1. The van der Waals surface area contributed by atoms with Crippen molar-refractivity contribution in [2.75, 3.05) is 0 Å². The largest absolute Gasteiger partial charge is 0.478 e. The molecule has 0 saturated carbocycles. The zero-order chi connectivity index (χ0) is 13.5. The zero-order valence-electron chi connectivity index (χ0n) is 10.9. The molecular formula is C16H20O2. The second-order valence-electron chi connectivity index (χ2n) is 4.56. The van der Waals surface area contributed by atoms with E-state index < -0.39 is 5.97 Å². The average Bonchev–Trinajstić information content (AvgIpc) is 2.31. The third-order valence-electron chi connectivity index (χ3n) is 2.93. The van der Waals surface area contributed by atoms with E-state index in [1.165, 1.54) is 0 Å². The topological polar surface area (TPSA) is 37.3 Å². The van der Waals surface area contributed by atoms with Crippen molar-refractivity contribution >= 4 is 5.97 Å². The molecule has 0 radical (unpaired) electrons. The molecule has 1 N–H and O–H groups in total. The summed E-state index contributed by atoms with van der Waals surface area (Å²) in [7, 11) is 0. The van der Waals surface area contributed by atoms with Gasteiger partial charge in [0, 0.05) is 0 Å². The summed E-state index contributed by atoms with van der Waals surface area (Å²) in [5, 5.41) is 9.06. The number of allylic oxidation sites excluding steroid dienone is 2. The number of carboxylic acid groups (broad SMARTS) is 1. The first-order valence-corrected chi connectivity index (χ1v) is 6.15. The summed E-state index contributed by atoms with van der Waals surface area (Å²) in [6.07, 6.45) is 5.66. The Labute approximate surface area is 109 Å². The van der Waals surface area contributed by atoms with Crippen LogP contribution in [-0.2, 0) is 6.42 Å². The van der Waals surface area contributed by atoms with Crippen LogP contribution in [0, 0.1) is 6.92 Å². The fourth-order valence-electron chi connectivity index (χ4n) is 1.88. The van der Waals surface area contributed by atoms with Crippen LogP contribution in [0.5, 0.6) is 0 Å². The molecule has 0 aliphatic carbocycles. The van der Waals surface area contributed by atoms with Crippen molar-refractivity contribution in [1.82, 2.24) is 0 Å². The third-order valence-corrected chi connectivity index (χ3v) is 2.93. The molecular weight excluding hydrogens is 224 g/mol. The lowest BCUT2D eigenvalue weighted by atomic mass is 9.98. The molecule has 0 saturated heterocycles. The second kappa shape index (κ2) is 6.80. The number of unbranched alkanes of at least 4 members (excludes halogenated alkanes) is 1. The minimum absolute atomic E-state index is 0.381. The predicted molar refractivity (Wildman–Crippen MR) is 75.0 cm³/mol. The van der Waals surface area contributed by atoms with Gasteiger partial charge in [-0.2, -0.15) is 0 Å². The molecule has 2 heteroatoms. The summed E-state index contributed by atoms with van der Waals surface area (Å²) in [5.41, 5.74) is 3.33. The highest BCUT2D eigenvalue weighted by Crippen LogP contribution is 2.16. The molecule has 0 heterocycles. The maximum Gasteiger partial charge on any atom is 0.335 e. The number of carboxylic acids is 1. The van der Waals surface area contributed by atoms with E-state index in [4.69, 9.17) is 5.11 Å². The van der Waals surface area contributed by atoms with Crippen LogP contribution in [0.25, 0.3) is 0 Å². The van der Waals surface area contributed by atoms with Crippen molar-refractivity contribution in [2.45, 2.75) is 32.6 Å². The molecule has 1 aromatic carbocycles. The van der Waals surface area contributed by atoms with E-state index in [0.717, 1.165) is 42.4 Å². The first kappa shape index (κ1) is 14.2. The van der Waals surface area contributed by atoms with Gasteiger partial charge in [-0.1, -0.05) is 30.4 Å². The monoisotopic (exact) mass is 244 g/mol. The van der Waals surface area contributed by atoms with Crippen LogP contribution in [0.1, 0.15) is 40.7 Å². The second-order valence-corrected chi connectivity index (χ2v) is 4.56. The number of hydrogen-bond acceptors (Lipinski definition) is 1. The van der Waals surface area contributed by atoms with E-state index in [-0.39, 0.29) is 0 Å². The third kappa shape index (κ3) is 4.21. The van der Waals surface area contributed by atoms with E-state index >= 15 is 0 Å². The van der Waals surface area contributed by atoms with Gasteiger partial charge in [0.1, 0.15) is 0 Å². The molecule has 0 amide bonds. The Hall–Kier alpha value is -1.83. The molecule has 1 rings (SSSR count). The minimum atomic E-state index is -0.869. The number of rotatable bonds is 7. The number of carbonyl (C=O) groups is 1. The minimum Gasteiger partial charge on any atom is -0.478 e. The van der Waals surface area contributed by atoms with Gasteiger partial charge in [-0.15, -0.1) is 6.58 Å². The molecule has 0 unspecified atom stereocenters. The fraction of sp³-hybridized carbons (Fsp3) is 0.312. The number of benzene rings is 1. The van der Waals surface area contributed by atoms with Gasteiger partial charge in [0.2, 0.25) is 0 Å². The molecule has 0 spiro atoms. The van der Waals surface area contributed by atoms with Crippen LogP contribution in [0.15, 0.2) is 43.0 Å². The van der Waals surface area contributed by atoms with Gasteiger partial charge in [0.15, 0.2) is 0 Å². The molecule has 0 aromatic heterocycles. The van der Waals surface area contributed by atoms with Gasteiger partial charge < -0.3 is 5.11 Å². The Bertz CT molecular complexity index is 458. The Balaban J connectivity index is 2.67. The average molecular weight is 244 g/mol. The molecule has 18 heavy (non-hydrogen) atoms. The van der Waals surface area contributed by atoms with E-state index in [1.54, 1.807) is 6.07 Å². The first-order chi connectivity index (χ1) is 8.54. The van der Waals surface area contributed by atoms with Crippen molar-refractivity contribution in [3.63, 3.8) is 0 Å². The van der Waals surface area contributed by atoms with E-state index in [0.29, 0.717) is 5.56 Å². The molecule has 0 aliphatic rings. The summed E-state index contributed by atoms with van der Waals surface area (Å²) < 4.78 is 0. The number of aryl methyl sites for hydroxylation is 1. The Morgan fingerprint density at radius 2 is 2.17 bits per heavy atom. The van der Waals surface area contributed by atoms with Gasteiger partial charge in [0.25, 0.3) is 0 Å². The van der Waals surface area contributed by atoms with Gasteiger partial charge in [0.05, 0.1) is 5.56 Å². The van der Waals surface area contributed by atoms with Gasteiger partial charge in [-0.05, 0) is 49.8 Å². The van der Waals surface area contributed by atoms with Crippen LogP contribution < -0.4 is 0 Å². The Kier molecular flexibility index (Phi) is 5.37. The molecule has 0 bridgehead atoms. The van der Waals surface area contributed by atoms with E-state index in [9.17, 15) is 4.79 Å². The van der Waals surface area contributed by atoms with Crippen LogP contribution >= 0.6 is 0 Å². The number of hydrogen-bond donors (Lipinski definition) is 1. The van der Waals surface area contributed by atoms with Crippen molar-refractivity contribution in [2.24, 2.45) is 0 Å². The standard InChI is InChI=1S/C16H20O2/c1-4-5-6-7-12(2)10-14-9-8-13(3)15(11-14)16(17)18/h4,8-9,11H,1-2,5-7,10H2,3H3,(H,17,18). The highest BCUT2D eigenvalue weighted by Gasteiger charge is 2.08. The Morgan fingerprint density at radius 1 is 1.44 bits per heavy atom. The summed E-state index contributed by atoms with van der Waals surface area (Å²) in [5.74, 6) is -0.869. The summed E-state index contributed by atoms with van der Waals surface area (Å²) in [6.45, 7) is 9.54. The molecule has 2 nitrogen and oxygen atoms in total. The van der Waals surface area contributed by atoms with Crippen molar-refractivity contribution in [3.05, 3.63) is 59.7 Å².